The summed E-state index contributed by atoms with van der Waals surface area (Å²) >= 11 is 0. The summed E-state index contributed by atoms with van der Waals surface area (Å²) in [6.45, 7) is 3.65. The fraction of sp³-hybridized carbons (Fsp3) is 0.500. The lowest BCUT2D eigenvalue weighted by molar-refractivity contribution is 0.0696. The Labute approximate surface area is 124 Å². The molecule has 0 aromatic heterocycles. The Bertz CT molecular complexity index is 638. The minimum absolute atomic E-state index is 0.00500. The van der Waals surface area contributed by atoms with Gasteiger partial charge in [0.2, 0.25) is 10.0 Å². The minimum atomic E-state index is -3.75. The molecular weight excluding hydrogens is 292 g/mol. The Morgan fingerprint density at radius 2 is 2.10 bits per heavy atom. The van der Waals surface area contributed by atoms with Crippen LogP contribution in [0.2, 0.25) is 0 Å². The van der Waals surface area contributed by atoms with Gasteiger partial charge in [-0.25, -0.2) is 17.9 Å². The molecule has 0 bridgehead atoms. The fourth-order valence-corrected chi connectivity index (χ4v) is 3.38. The van der Waals surface area contributed by atoms with Crippen molar-refractivity contribution in [3.8, 4) is 0 Å². The average Bonchev–Trinajstić information content (AvgIpc) is 3.22. The van der Waals surface area contributed by atoms with Crippen LogP contribution in [0.25, 0.3) is 0 Å². The fourth-order valence-electron chi connectivity index (χ4n) is 1.86. The molecule has 3 N–H and O–H groups in total. The number of carboxylic acid groups (broad SMARTS) is 1. The maximum Gasteiger partial charge on any atom is 0.335 e. The summed E-state index contributed by atoms with van der Waals surface area (Å²) < 4.78 is 27.5. The molecule has 21 heavy (non-hydrogen) atoms. The Hall–Kier alpha value is -1.60. The zero-order valence-electron chi connectivity index (χ0n) is 12.1. The van der Waals surface area contributed by atoms with Crippen molar-refractivity contribution in [2.75, 3.05) is 5.32 Å². The molecule has 2 rings (SSSR count). The molecule has 6 nitrogen and oxygen atoms in total. The number of rotatable bonds is 7. The van der Waals surface area contributed by atoms with Crippen molar-refractivity contribution in [3.63, 3.8) is 0 Å². The molecule has 1 aromatic rings. The number of anilines is 1. The summed E-state index contributed by atoms with van der Waals surface area (Å²) in [5.41, 5.74) is 0.416. The number of hydrogen-bond donors (Lipinski definition) is 3. The quantitative estimate of drug-likeness (QED) is 0.716. The molecule has 1 aliphatic rings. The van der Waals surface area contributed by atoms with E-state index >= 15 is 0 Å². The zero-order chi connectivity index (χ0) is 15.6. The number of nitrogens with one attached hydrogen (secondary N) is 2. The van der Waals surface area contributed by atoms with Crippen LogP contribution in [-0.4, -0.2) is 31.6 Å². The maximum atomic E-state index is 12.5. The van der Waals surface area contributed by atoms with Crippen molar-refractivity contribution in [1.29, 1.82) is 0 Å². The van der Waals surface area contributed by atoms with Gasteiger partial charge in [0.1, 0.15) is 4.90 Å². The topological polar surface area (TPSA) is 95.5 Å². The van der Waals surface area contributed by atoms with Crippen molar-refractivity contribution < 1.29 is 18.3 Å². The Kier molecular flexibility index (Phi) is 4.53. The van der Waals surface area contributed by atoms with E-state index in [2.05, 4.69) is 10.0 Å². The molecule has 0 saturated heterocycles. The number of benzene rings is 1. The standard InChI is InChI=1S/C14H20N2O4S/c1-3-9(2)16-21(19,20)13-8-10(14(17)18)4-7-12(13)15-11-5-6-11/h4,7-9,11,15-16H,3,5-6H2,1-2H3,(H,17,18)/t9-/m1/s1. The summed E-state index contributed by atoms with van der Waals surface area (Å²) in [4.78, 5) is 11.1. The highest BCUT2D eigenvalue weighted by molar-refractivity contribution is 7.89. The molecule has 1 atom stereocenters. The molecule has 0 spiro atoms. The number of aromatic carboxylic acids is 1. The van der Waals surface area contributed by atoms with Crippen LogP contribution in [-0.2, 0) is 10.0 Å². The van der Waals surface area contributed by atoms with Gasteiger partial charge in [-0.2, -0.15) is 0 Å². The lowest BCUT2D eigenvalue weighted by Crippen LogP contribution is -2.32. The number of carboxylic acids is 1. The Morgan fingerprint density at radius 1 is 1.43 bits per heavy atom. The van der Waals surface area contributed by atoms with Gasteiger partial charge in [-0.05, 0) is 44.4 Å². The average molecular weight is 312 g/mol. The van der Waals surface area contributed by atoms with Gasteiger partial charge in [0.15, 0.2) is 0 Å². The molecule has 1 saturated carbocycles. The van der Waals surface area contributed by atoms with E-state index in [0.29, 0.717) is 12.1 Å². The van der Waals surface area contributed by atoms with Crippen LogP contribution in [0.4, 0.5) is 5.69 Å². The second-order valence-corrected chi connectivity index (χ2v) is 7.05. The molecule has 0 aliphatic heterocycles. The first kappa shape index (κ1) is 15.8. The lowest BCUT2D eigenvalue weighted by Gasteiger charge is -2.16. The predicted molar refractivity (Wildman–Crippen MR) is 80.1 cm³/mol. The summed E-state index contributed by atoms with van der Waals surface area (Å²) in [5, 5.41) is 12.2. The van der Waals surface area contributed by atoms with Crippen molar-refractivity contribution in [1.82, 2.24) is 4.72 Å². The first-order valence-corrected chi connectivity index (χ1v) is 8.48. The molecule has 1 fully saturated rings. The van der Waals surface area contributed by atoms with Gasteiger partial charge < -0.3 is 10.4 Å². The molecule has 1 aliphatic carbocycles. The van der Waals surface area contributed by atoms with Crippen LogP contribution in [0.15, 0.2) is 23.1 Å². The summed E-state index contributed by atoms with van der Waals surface area (Å²) in [5.74, 6) is -1.15. The van der Waals surface area contributed by atoms with Crippen molar-refractivity contribution in [2.45, 2.75) is 50.1 Å². The van der Waals surface area contributed by atoms with Gasteiger partial charge in [-0.1, -0.05) is 6.92 Å². The third-order valence-corrected chi connectivity index (χ3v) is 5.05. The molecule has 1 aromatic carbocycles. The molecule has 0 amide bonds. The largest absolute Gasteiger partial charge is 0.478 e. The zero-order valence-corrected chi connectivity index (χ0v) is 12.9. The van der Waals surface area contributed by atoms with Gasteiger partial charge in [-0.3, -0.25) is 0 Å². The Morgan fingerprint density at radius 3 is 2.62 bits per heavy atom. The molecule has 116 valence electrons. The van der Waals surface area contributed by atoms with Crippen molar-refractivity contribution in [3.05, 3.63) is 23.8 Å². The lowest BCUT2D eigenvalue weighted by atomic mass is 10.2. The van der Waals surface area contributed by atoms with Crippen LogP contribution in [0.5, 0.6) is 0 Å². The highest BCUT2D eigenvalue weighted by atomic mass is 32.2. The van der Waals surface area contributed by atoms with Crippen LogP contribution in [0, 0.1) is 0 Å². The van der Waals surface area contributed by atoms with E-state index in [0.717, 1.165) is 12.8 Å². The SMILES string of the molecule is CC[C@@H](C)NS(=O)(=O)c1cc(C(=O)O)ccc1NC1CC1. The second-order valence-electron chi connectivity index (χ2n) is 5.37. The van der Waals surface area contributed by atoms with Gasteiger partial charge in [0.25, 0.3) is 0 Å². The van der Waals surface area contributed by atoms with E-state index in [4.69, 9.17) is 5.11 Å². The normalized spacial score (nSPS) is 16.5. The smallest absolute Gasteiger partial charge is 0.335 e. The van der Waals surface area contributed by atoms with E-state index in [-0.39, 0.29) is 22.5 Å². The molecule has 0 unspecified atom stereocenters. The highest BCUT2D eigenvalue weighted by Crippen LogP contribution is 2.30. The summed E-state index contributed by atoms with van der Waals surface area (Å²) in [6, 6.07) is 4.20. The van der Waals surface area contributed by atoms with Crippen molar-refractivity contribution >= 4 is 21.7 Å². The molecular formula is C14H20N2O4S. The highest BCUT2D eigenvalue weighted by Gasteiger charge is 2.27. The van der Waals surface area contributed by atoms with Crippen LogP contribution in [0.3, 0.4) is 0 Å². The number of hydrogen-bond acceptors (Lipinski definition) is 4. The third-order valence-electron chi connectivity index (χ3n) is 3.42. The van der Waals surface area contributed by atoms with Gasteiger partial charge in [-0.15, -0.1) is 0 Å². The van der Waals surface area contributed by atoms with Crippen LogP contribution in [0.1, 0.15) is 43.5 Å². The minimum Gasteiger partial charge on any atom is -0.478 e. The molecule has 0 heterocycles. The summed E-state index contributed by atoms with van der Waals surface area (Å²) in [6.07, 6.45) is 2.65. The van der Waals surface area contributed by atoms with E-state index in [1.807, 2.05) is 6.92 Å². The van der Waals surface area contributed by atoms with E-state index in [1.54, 1.807) is 6.92 Å². The van der Waals surface area contributed by atoms with Gasteiger partial charge >= 0.3 is 5.97 Å². The monoisotopic (exact) mass is 312 g/mol. The van der Waals surface area contributed by atoms with Gasteiger partial charge in [0, 0.05) is 12.1 Å². The maximum absolute atomic E-state index is 12.5. The second kappa shape index (κ2) is 6.03. The third kappa shape index (κ3) is 3.95. The van der Waals surface area contributed by atoms with Crippen LogP contribution >= 0.6 is 0 Å². The summed E-state index contributed by atoms with van der Waals surface area (Å²) in [7, 11) is -3.75. The van der Waals surface area contributed by atoms with Gasteiger partial charge in [0.05, 0.1) is 11.3 Å². The number of sulfonamides is 1. The predicted octanol–water partition coefficient (Wildman–Crippen LogP) is 2.04. The first-order chi connectivity index (χ1) is 9.83. The van der Waals surface area contributed by atoms with Crippen molar-refractivity contribution in [2.24, 2.45) is 0 Å². The molecule has 0 radical (unpaired) electrons. The number of carbonyl (C=O) groups is 1. The van der Waals surface area contributed by atoms with E-state index in [9.17, 15) is 13.2 Å². The van der Waals surface area contributed by atoms with E-state index < -0.39 is 16.0 Å². The first-order valence-electron chi connectivity index (χ1n) is 6.99. The van der Waals surface area contributed by atoms with E-state index in [1.165, 1.54) is 18.2 Å². The van der Waals surface area contributed by atoms with Crippen LogP contribution < -0.4 is 10.0 Å². The molecule has 7 heteroatoms. The Balaban J connectivity index is 2.41.